The van der Waals surface area contributed by atoms with Gasteiger partial charge in [-0.15, -0.1) is 23.7 Å². The summed E-state index contributed by atoms with van der Waals surface area (Å²) in [5, 5.41) is 7.39. The number of carbonyl (C=O) groups is 2. The predicted octanol–water partition coefficient (Wildman–Crippen LogP) is 0.578. The fourth-order valence-corrected chi connectivity index (χ4v) is 1.83. The monoisotopic (exact) mass is 291 g/mol. The van der Waals surface area contributed by atoms with E-state index in [0.717, 1.165) is 6.54 Å². The van der Waals surface area contributed by atoms with Crippen LogP contribution in [0.4, 0.5) is 0 Å². The zero-order valence-electron chi connectivity index (χ0n) is 10.4. The van der Waals surface area contributed by atoms with E-state index in [9.17, 15) is 9.59 Å². The number of likely N-dealkylation sites (N-methyl/N-ethyl adjacent to an activating group) is 2. The molecular weight excluding hydrogens is 274 g/mol. The first-order chi connectivity index (χ1) is 8.15. The molecule has 0 atom stereocenters. The third kappa shape index (κ3) is 5.48. The molecule has 0 fully saturated rings. The van der Waals surface area contributed by atoms with Gasteiger partial charge in [0.15, 0.2) is 0 Å². The van der Waals surface area contributed by atoms with Crippen LogP contribution in [0.1, 0.15) is 9.67 Å². The third-order valence-corrected chi connectivity index (χ3v) is 3.14. The van der Waals surface area contributed by atoms with Gasteiger partial charge in [0.05, 0.1) is 11.4 Å². The Bertz CT molecular complexity index is 370. The van der Waals surface area contributed by atoms with Gasteiger partial charge in [0.2, 0.25) is 5.91 Å². The molecule has 5 nitrogen and oxygen atoms in total. The second kappa shape index (κ2) is 8.91. The molecule has 1 heterocycles. The maximum atomic E-state index is 11.6. The van der Waals surface area contributed by atoms with Crippen LogP contribution in [0.2, 0.25) is 0 Å². The van der Waals surface area contributed by atoms with Crippen molar-refractivity contribution in [2.75, 3.05) is 33.7 Å². The molecule has 0 aliphatic rings. The van der Waals surface area contributed by atoms with E-state index in [0.29, 0.717) is 11.4 Å². The fourth-order valence-electron chi connectivity index (χ4n) is 1.19. The largest absolute Gasteiger partial charge is 0.343 e. The number of halogens is 1. The van der Waals surface area contributed by atoms with E-state index >= 15 is 0 Å². The lowest BCUT2D eigenvalue weighted by atomic mass is 10.4. The first kappa shape index (κ1) is 16.9. The zero-order valence-corrected chi connectivity index (χ0v) is 12.1. The minimum atomic E-state index is -0.199. The summed E-state index contributed by atoms with van der Waals surface area (Å²) in [5.74, 6) is -0.291. The molecule has 1 rings (SSSR count). The first-order valence-corrected chi connectivity index (χ1v) is 6.23. The summed E-state index contributed by atoms with van der Waals surface area (Å²) in [6, 6.07) is 3.54. The van der Waals surface area contributed by atoms with E-state index in [2.05, 4.69) is 10.6 Å². The topological polar surface area (TPSA) is 61.4 Å². The molecule has 0 saturated heterocycles. The van der Waals surface area contributed by atoms with Gasteiger partial charge in [0, 0.05) is 20.1 Å². The van der Waals surface area contributed by atoms with Crippen LogP contribution in [-0.2, 0) is 4.79 Å². The molecule has 0 spiro atoms. The van der Waals surface area contributed by atoms with Crippen molar-refractivity contribution in [2.45, 2.75) is 0 Å². The highest BCUT2D eigenvalue weighted by Gasteiger charge is 2.11. The molecule has 0 unspecified atom stereocenters. The lowest BCUT2D eigenvalue weighted by molar-refractivity contribution is -0.128. The first-order valence-electron chi connectivity index (χ1n) is 5.35. The Morgan fingerprint density at radius 3 is 2.72 bits per heavy atom. The van der Waals surface area contributed by atoms with Crippen molar-refractivity contribution in [3.8, 4) is 0 Å². The Labute approximate surface area is 117 Å². The predicted molar refractivity (Wildman–Crippen MR) is 75.5 cm³/mol. The molecule has 2 amide bonds. The summed E-state index contributed by atoms with van der Waals surface area (Å²) in [6.07, 6.45) is 0. The molecular formula is C11H18ClN3O2S. The molecule has 0 aromatic carbocycles. The minimum Gasteiger partial charge on any atom is -0.343 e. The summed E-state index contributed by atoms with van der Waals surface area (Å²) in [4.78, 5) is 25.4. The van der Waals surface area contributed by atoms with E-state index in [1.807, 2.05) is 12.4 Å². The van der Waals surface area contributed by atoms with Crippen LogP contribution in [0, 0.1) is 0 Å². The normalized spacial score (nSPS) is 9.44. The van der Waals surface area contributed by atoms with Crippen molar-refractivity contribution in [3.05, 3.63) is 22.4 Å². The maximum Gasteiger partial charge on any atom is 0.261 e. The highest BCUT2D eigenvalue weighted by atomic mass is 35.5. The molecule has 1 aromatic rings. The number of hydrogen-bond donors (Lipinski definition) is 2. The van der Waals surface area contributed by atoms with Gasteiger partial charge < -0.3 is 15.5 Å². The average Bonchev–Trinajstić information content (AvgIpc) is 2.86. The van der Waals surface area contributed by atoms with Gasteiger partial charge in [-0.3, -0.25) is 9.59 Å². The second-order valence-corrected chi connectivity index (χ2v) is 4.53. The highest BCUT2D eigenvalue weighted by Crippen LogP contribution is 2.07. The minimum absolute atomic E-state index is 0. The summed E-state index contributed by atoms with van der Waals surface area (Å²) in [5.41, 5.74) is 0. The number of nitrogens with one attached hydrogen (secondary N) is 2. The fraction of sp³-hybridized carbons (Fsp3) is 0.455. The van der Waals surface area contributed by atoms with Gasteiger partial charge in [0.1, 0.15) is 0 Å². The summed E-state index contributed by atoms with van der Waals surface area (Å²) < 4.78 is 0. The van der Waals surface area contributed by atoms with Crippen LogP contribution in [0.25, 0.3) is 0 Å². The van der Waals surface area contributed by atoms with Gasteiger partial charge >= 0.3 is 0 Å². The molecule has 0 radical (unpaired) electrons. The van der Waals surface area contributed by atoms with Crippen molar-refractivity contribution in [3.63, 3.8) is 0 Å². The number of amides is 2. The van der Waals surface area contributed by atoms with Crippen LogP contribution in [0.15, 0.2) is 17.5 Å². The van der Waals surface area contributed by atoms with Gasteiger partial charge in [-0.05, 0) is 18.5 Å². The molecule has 1 aromatic heterocycles. The summed E-state index contributed by atoms with van der Waals surface area (Å²) in [7, 11) is 3.55. The number of hydrogen-bond acceptors (Lipinski definition) is 4. The Morgan fingerprint density at radius 2 is 2.17 bits per heavy atom. The van der Waals surface area contributed by atoms with Gasteiger partial charge in [-0.25, -0.2) is 0 Å². The van der Waals surface area contributed by atoms with Crippen LogP contribution < -0.4 is 10.6 Å². The van der Waals surface area contributed by atoms with Crippen molar-refractivity contribution in [1.82, 2.24) is 15.5 Å². The van der Waals surface area contributed by atoms with E-state index in [1.54, 1.807) is 24.1 Å². The van der Waals surface area contributed by atoms with E-state index in [-0.39, 0.29) is 30.8 Å². The van der Waals surface area contributed by atoms with Crippen molar-refractivity contribution in [2.24, 2.45) is 0 Å². The molecule has 102 valence electrons. The third-order valence-electron chi connectivity index (χ3n) is 2.27. The average molecular weight is 292 g/mol. The standard InChI is InChI=1S/C11H17N3O2S.ClH/c1-12-5-6-14(2)10(15)8-13-11(16)9-4-3-7-17-9;/h3-4,7,12H,5-6,8H2,1-2H3,(H,13,16);1H. The molecule has 18 heavy (non-hydrogen) atoms. The Kier molecular flexibility index (Phi) is 8.36. The zero-order chi connectivity index (χ0) is 12.7. The van der Waals surface area contributed by atoms with Crippen LogP contribution in [0.3, 0.4) is 0 Å². The SMILES string of the molecule is CNCCN(C)C(=O)CNC(=O)c1cccs1.Cl. The van der Waals surface area contributed by atoms with Crippen LogP contribution in [-0.4, -0.2) is 50.4 Å². The van der Waals surface area contributed by atoms with Crippen molar-refractivity contribution < 1.29 is 9.59 Å². The van der Waals surface area contributed by atoms with E-state index < -0.39 is 0 Å². The summed E-state index contributed by atoms with van der Waals surface area (Å²) in [6.45, 7) is 1.41. The molecule has 0 aliphatic carbocycles. The molecule has 0 bridgehead atoms. The van der Waals surface area contributed by atoms with Crippen molar-refractivity contribution >= 4 is 35.6 Å². The smallest absolute Gasteiger partial charge is 0.261 e. The Balaban J connectivity index is 0.00000289. The molecule has 7 heteroatoms. The number of carbonyl (C=O) groups excluding carboxylic acids is 2. The van der Waals surface area contributed by atoms with Gasteiger partial charge in [-0.1, -0.05) is 6.07 Å². The number of rotatable bonds is 6. The van der Waals surface area contributed by atoms with Crippen molar-refractivity contribution in [1.29, 1.82) is 0 Å². The summed E-state index contributed by atoms with van der Waals surface area (Å²) >= 11 is 1.36. The van der Waals surface area contributed by atoms with Gasteiger partial charge in [0.25, 0.3) is 5.91 Å². The molecule has 2 N–H and O–H groups in total. The highest BCUT2D eigenvalue weighted by molar-refractivity contribution is 7.12. The number of nitrogens with zero attached hydrogens (tertiary/aromatic N) is 1. The quantitative estimate of drug-likeness (QED) is 0.806. The van der Waals surface area contributed by atoms with Crippen LogP contribution in [0.5, 0.6) is 0 Å². The second-order valence-electron chi connectivity index (χ2n) is 3.58. The Morgan fingerprint density at radius 1 is 1.44 bits per heavy atom. The molecule has 0 aliphatic heterocycles. The Hall–Kier alpha value is -1.11. The van der Waals surface area contributed by atoms with Crippen LogP contribution >= 0.6 is 23.7 Å². The number of thiophene rings is 1. The van der Waals surface area contributed by atoms with E-state index in [1.165, 1.54) is 11.3 Å². The van der Waals surface area contributed by atoms with Gasteiger partial charge in [-0.2, -0.15) is 0 Å². The van der Waals surface area contributed by atoms with E-state index in [4.69, 9.17) is 0 Å². The molecule has 0 saturated carbocycles. The lowest BCUT2D eigenvalue weighted by Crippen LogP contribution is -2.40. The maximum absolute atomic E-state index is 11.6. The lowest BCUT2D eigenvalue weighted by Gasteiger charge is -2.16.